The predicted octanol–water partition coefficient (Wildman–Crippen LogP) is 1.23. The molecule has 0 amide bonds. The Balaban J connectivity index is 1.86. The van der Waals surface area contributed by atoms with Crippen LogP contribution < -0.4 is 11.3 Å². The van der Waals surface area contributed by atoms with E-state index in [4.69, 9.17) is 10.5 Å². The van der Waals surface area contributed by atoms with Crippen molar-refractivity contribution in [3.8, 4) is 6.07 Å². The van der Waals surface area contributed by atoms with Crippen molar-refractivity contribution in [1.29, 1.82) is 5.26 Å². The van der Waals surface area contributed by atoms with E-state index in [2.05, 4.69) is 11.0 Å². The highest BCUT2D eigenvalue weighted by atomic mass is 16.5. The quantitative estimate of drug-likeness (QED) is 0.905. The minimum Gasteiger partial charge on any atom is -0.379 e. The molecule has 0 radical (unpaired) electrons. The highest BCUT2D eigenvalue weighted by Crippen LogP contribution is 2.19. The van der Waals surface area contributed by atoms with Crippen LogP contribution in [-0.4, -0.2) is 48.4 Å². The van der Waals surface area contributed by atoms with Crippen molar-refractivity contribution in [2.75, 3.05) is 26.7 Å². The van der Waals surface area contributed by atoms with Crippen LogP contribution in [0, 0.1) is 18.3 Å². The highest BCUT2D eigenvalue weighted by Gasteiger charge is 2.26. The summed E-state index contributed by atoms with van der Waals surface area (Å²) >= 11 is 0. The number of nitrogens with two attached hydrogens (primary N) is 1. The topological polar surface area (TPSA) is 84.3 Å². The second-order valence-corrected chi connectivity index (χ2v) is 6.69. The number of benzene rings is 1. The Hall–Kier alpha value is -2.20. The second kappa shape index (κ2) is 7.36. The molecule has 1 aliphatic rings. The fraction of sp³-hybridized carbons (Fsp3) is 0.474. The number of hydrogen-bond acceptors (Lipinski definition) is 5. The lowest BCUT2D eigenvalue weighted by Gasteiger charge is -2.36. The zero-order valence-corrected chi connectivity index (χ0v) is 14.7. The second-order valence-electron chi connectivity index (χ2n) is 6.69. The smallest absolute Gasteiger partial charge is 0.251 e. The van der Waals surface area contributed by atoms with Crippen LogP contribution in [0.3, 0.4) is 0 Å². The summed E-state index contributed by atoms with van der Waals surface area (Å²) in [5.41, 5.74) is 8.36. The van der Waals surface area contributed by atoms with Crippen LogP contribution in [0.2, 0.25) is 0 Å². The summed E-state index contributed by atoms with van der Waals surface area (Å²) in [5.74, 6) is 0. The Bertz CT molecular complexity index is 868. The van der Waals surface area contributed by atoms with E-state index in [-0.39, 0.29) is 17.7 Å². The molecule has 6 heteroatoms. The zero-order chi connectivity index (χ0) is 18.0. The molecule has 1 fully saturated rings. The molecule has 1 aromatic heterocycles. The summed E-state index contributed by atoms with van der Waals surface area (Å²) in [6.45, 7) is 4.94. The molecule has 2 N–H and O–H groups in total. The average molecular weight is 340 g/mol. The summed E-state index contributed by atoms with van der Waals surface area (Å²) in [6, 6.07) is 9.40. The van der Waals surface area contributed by atoms with E-state index in [1.54, 1.807) is 29.9 Å². The van der Waals surface area contributed by atoms with Gasteiger partial charge in [0.25, 0.3) is 5.56 Å². The molecular formula is C19H24N4O2. The van der Waals surface area contributed by atoms with Gasteiger partial charge in [-0.2, -0.15) is 5.26 Å². The average Bonchev–Trinajstić information content (AvgIpc) is 2.62. The van der Waals surface area contributed by atoms with Crippen LogP contribution in [0.5, 0.6) is 0 Å². The Morgan fingerprint density at radius 2 is 2.16 bits per heavy atom. The molecule has 132 valence electrons. The largest absolute Gasteiger partial charge is 0.379 e. The van der Waals surface area contributed by atoms with Gasteiger partial charge in [0.05, 0.1) is 23.3 Å². The maximum atomic E-state index is 12.5. The molecule has 3 rings (SSSR count). The van der Waals surface area contributed by atoms with Gasteiger partial charge in [0.15, 0.2) is 0 Å². The zero-order valence-electron chi connectivity index (χ0n) is 14.7. The fourth-order valence-corrected chi connectivity index (χ4v) is 3.54. The van der Waals surface area contributed by atoms with E-state index in [1.165, 1.54) is 0 Å². The first kappa shape index (κ1) is 17.6. The van der Waals surface area contributed by atoms with Gasteiger partial charge in [-0.25, -0.2) is 0 Å². The van der Waals surface area contributed by atoms with Crippen LogP contribution in [0.1, 0.15) is 17.5 Å². The summed E-state index contributed by atoms with van der Waals surface area (Å²) in [4.78, 5) is 14.8. The van der Waals surface area contributed by atoms with Gasteiger partial charge in [-0.15, -0.1) is 0 Å². The Morgan fingerprint density at radius 1 is 1.36 bits per heavy atom. The van der Waals surface area contributed by atoms with Gasteiger partial charge in [0, 0.05) is 44.2 Å². The first-order valence-electron chi connectivity index (χ1n) is 8.58. The molecule has 0 saturated carbocycles. The first-order valence-corrected chi connectivity index (χ1v) is 8.58. The maximum Gasteiger partial charge on any atom is 0.251 e. The standard InChI is InChI=1S/C19H24N4O2/c1-13-9-19(24)23(17-10-14(11-20)3-4-15(13)17)8-7-22-6-5-16(21)18(12-22)25-2/h3-4,9-10,16,18H,5-8,12,21H2,1-2H3/t16-,18+/m0/s1. The van der Waals surface area contributed by atoms with E-state index >= 15 is 0 Å². The molecule has 0 spiro atoms. The van der Waals surface area contributed by atoms with Crippen molar-refractivity contribution in [3.05, 3.63) is 45.7 Å². The van der Waals surface area contributed by atoms with E-state index in [1.807, 2.05) is 13.0 Å². The molecule has 1 aliphatic heterocycles. The number of fused-ring (bicyclic) bond motifs is 1. The molecule has 1 aromatic carbocycles. The van der Waals surface area contributed by atoms with Crippen LogP contribution in [0.25, 0.3) is 10.9 Å². The lowest BCUT2D eigenvalue weighted by Crippen LogP contribution is -2.52. The summed E-state index contributed by atoms with van der Waals surface area (Å²) in [5, 5.41) is 10.2. The lowest BCUT2D eigenvalue weighted by atomic mass is 10.0. The number of aromatic nitrogens is 1. The SMILES string of the molecule is CO[C@@H]1CN(CCn2c(=O)cc(C)c3ccc(C#N)cc32)CC[C@@H]1N. The van der Waals surface area contributed by atoms with Gasteiger partial charge in [-0.1, -0.05) is 6.07 Å². The van der Waals surface area contributed by atoms with Gasteiger partial charge >= 0.3 is 0 Å². The Labute approximate surface area is 147 Å². The molecule has 2 heterocycles. The van der Waals surface area contributed by atoms with Crippen LogP contribution in [0.4, 0.5) is 0 Å². The van der Waals surface area contributed by atoms with Crippen molar-refractivity contribution >= 4 is 10.9 Å². The van der Waals surface area contributed by atoms with E-state index in [9.17, 15) is 10.1 Å². The number of aryl methyl sites for hydroxylation is 1. The highest BCUT2D eigenvalue weighted by molar-refractivity contribution is 5.83. The minimum absolute atomic E-state index is 0.0305. The number of ether oxygens (including phenoxy) is 1. The normalized spacial score (nSPS) is 21.4. The number of piperidine rings is 1. The van der Waals surface area contributed by atoms with Crippen LogP contribution in [-0.2, 0) is 11.3 Å². The minimum atomic E-state index is -0.0305. The molecule has 2 atom stereocenters. The van der Waals surface area contributed by atoms with Crippen molar-refractivity contribution < 1.29 is 4.74 Å². The molecule has 0 bridgehead atoms. The number of nitriles is 1. The van der Waals surface area contributed by atoms with Crippen molar-refractivity contribution in [3.63, 3.8) is 0 Å². The van der Waals surface area contributed by atoms with Gasteiger partial charge in [-0.3, -0.25) is 9.69 Å². The summed E-state index contributed by atoms with van der Waals surface area (Å²) < 4.78 is 7.22. The van der Waals surface area contributed by atoms with E-state index in [0.29, 0.717) is 12.1 Å². The summed E-state index contributed by atoms with van der Waals surface area (Å²) in [7, 11) is 1.69. The maximum absolute atomic E-state index is 12.5. The van der Waals surface area contributed by atoms with Crippen molar-refractivity contribution in [1.82, 2.24) is 9.47 Å². The first-order chi connectivity index (χ1) is 12.0. The monoisotopic (exact) mass is 340 g/mol. The Morgan fingerprint density at radius 3 is 2.88 bits per heavy atom. The number of pyridine rings is 1. The van der Waals surface area contributed by atoms with Gasteiger partial charge in [0.2, 0.25) is 0 Å². The predicted molar refractivity (Wildman–Crippen MR) is 97.5 cm³/mol. The van der Waals surface area contributed by atoms with Crippen LogP contribution >= 0.6 is 0 Å². The third-order valence-electron chi connectivity index (χ3n) is 5.09. The van der Waals surface area contributed by atoms with E-state index < -0.39 is 0 Å². The van der Waals surface area contributed by atoms with Crippen molar-refractivity contribution in [2.45, 2.75) is 32.0 Å². The molecule has 0 unspecified atom stereocenters. The van der Waals surface area contributed by atoms with Crippen molar-refractivity contribution in [2.24, 2.45) is 5.73 Å². The number of nitrogens with zero attached hydrogens (tertiary/aromatic N) is 3. The van der Waals surface area contributed by atoms with Gasteiger partial charge < -0.3 is 15.0 Å². The molecule has 2 aromatic rings. The number of methoxy groups -OCH3 is 1. The molecule has 25 heavy (non-hydrogen) atoms. The summed E-state index contributed by atoms with van der Waals surface area (Å²) in [6.07, 6.45) is 0.922. The molecule has 6 nitrogen and oxygen atoms in total. The number of rotatable bonds is 4. The molecular weight excluding hydrogens is 316 g/mol. The Kier molecular flexibility index (Phi) is 5.19. The number of likely N-dealkylation sites (tertiary alicyclic amines) is 1. The number of hydrogen-bond donors (Lipinski definition) is 1. The third kappa shape index (κ3) is 3.59. The lowest BCUT2D eigenvalue weighted by molar-refractivity contribution is 0.0158. The molecule has 0 aliphatic carbocycles. The molecule has 1 saturated heterocycles. The van der Waals surface area contributed by atoms with Crippen LogP contribution in [0.15, 0.2) is 29.1 Å². The fourth-order valence-electron chi connectivity index (χ4n) is 3.54. The van der Waals surface area contributed by atoms with E-state index in [0.717, 1.165) is 42.5 Å². The van der Waals surface area contributed by atoms with Gasteiger partial charge in [-0.05, 0) is 37.6 Å². The third-order valence-corrected chi connectivity index (χ3v) is 5.09. The van der Waals surface area contributed by atoms with Gasteiger partial charge in [0.1, 0.15) is 0 Å².